The molecule has 0 aliphatic heterocycles. The lowest BCUT2D eigenvalue weighted by molar-refractivity contribution is -0.152. The average molecular weight is 440 g/mol. The molecular formula is C24H28N2O6. The number of aromatic nitrogens is 2. The highest BCUT2D eigenvalue weighted by molar-refractivity contribution is 5.76. The molecule has 0 amide bonds. The summed E-state index contributed by atoms with van der Waals surface area (Å²) in [5.41, 5.74) is 1.71. The molecule has 0 saturated carbocycles. The summed E-state index contributed by atoms with van der Waals surface area (Å²) in [4.78, 5) is 23.3. The number of rotatable bonds is 10. The molecule has 0 radical (unpaired) electrons. The van der Waals surface area contributed by atoms with Crippen LogP contribution in [-0.2, 0) is 24.2 Å². The van der Waals surface area contributed by atoms with E-state index >= 15 is 0 Å². The van der Waals surface area contributed by atoms with E-state index in [2.05, 4.69) is 5.10 Å². The van der Waals surface area contributed by atoms with Crippen molar-refractivity contribution in [2.45, 2.75) is 52.2 Å². The van der Waals surface area contributed by atoms with Gasteiger partial charge in [-0.2, -0.15) is 4.68 Å². The molecule has 1 heterocycles. The Morgan fingerprint density at radius 3 is 2.44 bits per heavy atom. The second-order valence-electron chi connectivity index (χ2n) is 8.14. The molecule has 1 aromatic heterocycles. The fourth-order valence-corrected chi connectivity index (χ4v) is 3.27. The van der Waals surface area contributed by atoms with Crippen molar-refractivity contribution in [3.8, 4) is 11.5 Å². The molecule has 170 valence electrons. The van der Waals surface area contributed by atoms with Gasteiger partial charge in [0.25, 0.3) is 0 Å². The van der Waals surface area contributed by atoms with Gasteiger partial charge in [0.05, 0.1) is 13.7 Å². The highest BCUT2D eigenvalue weighted by Crippen LogP contribution is 2.20. The zero-order valence-corrected chi connectivity index (χ0v) is 18.8. The predicted octanol–water partition coefficient (Wildman–Crippen LogP) is 3.62. The highest BCUT2D eigenvalue weighted by atomic mass is 16.5. The van der Waals surface area contributed by atoms with Crippen molar-refractivity contribution in [2.24, 2.45) is 0 Å². The number of ether oxygens (including phenoxy) is 2. The Balaban J connectivity index is 1.54. The molecule has 0 aliphatic rings. The number of hydrogen-bond donors (Lipinski definition) is 1. The van der Waals surface area contributed by atoms with Gasteiger partial charge in [0, 0.05) is 6.42 Å². The van der Waals surface area contributed by atoms with Crippen molar-refractivity contribution in [2.75, 3.05) is 7.11 Å². The third kappa shape index (κ3) is 5.78. The van der Waals surface area contributed by atoms with Crippen LogP contribution in [0.5, 0.6) is 11.5 Å². The minimum atomic E-state index is -1.29. The number of carboxylic acids is 1. The van der Waals surface area contributed by atoms with Crippen LogP contribution in [0.1, 0.15) is 42.8 Å². The Morgan fingerprint density at radius 1 is 1.12 bits per heavy atom. The molecule has 2 aromatic carbocycles. The Labute approximate surface area is 186 Å². The minimum absolute atomic E-state index is 0.335. The highest BCUT2D eigenvalue weighted by Gasteiger charge is 2.29. The van der Waals surface area contributed by atoms with Crippen molar-refractivity contribution < 1.29 is 23.8 Å². The number of carbonyl (C=O) groups is 1. The SMILES string of the molecule is COc1ccc(Cn2nc(CCCc3ccc(OC(C)(C)C(=O)O)cc3)oc2=O)cc1C. The van der Waals surface area contributed by atoms with E-state index in [-0.39, 0.29) is 0 Å². The third-order valence-electron chi connectivity index (χ3n) is 5.11. The lowest BCUT2D eigenvalue weighted by Crippen LogP contribution is -2.37. The monoisotopic (exact) mass is 440 g/mol. The second-order valence-corrected chi connectivity index (χ2v) is 8.14. The van der Waals surface area contributed by atoms with E-state index in [9.17, 15) is 9.59 Å². The summed E-state index contributed by atoms with van der Waals surface area (Å²) >= 11 is 0. The summed E-state index contributed by atoms with van der Waals surface area (Å²) in [6.45, 7) is 5.30. The van der Waals surface area contributed by atoms with Gasteiger partial charge in [0.1, 0.15) is 11.5 Å². The van der Waals surface area contributed by atoms with Gasteiger partial charge in [-0.25, -0.2) is 9.59 Å². The van der Waals surface area contributed by atoms with Crippen LogP contribution in [0.2, 0.25) is 0 Å². The fraction of sp³-hybridized carbons (Fsp3) is 0.375. The van der Waals surface area contributed by atoms with Gasteiger partial charge >= 0.3 is 11.7 Å². The maximum atomic E-state index is 12.1. The van der Waals surface area contributed by atoms with Crippen LogP contribution in [0.4, 0.5) is 0 Å². The van der Waals surface area contributed by atoms with E-state index in [0.717, 1.165) is 35.3 Å². The lowest BCUT2D eigenvalue weighted by Gasteiger charge is -2.21. The first-order valence-electron chi connectivity index (χ1n) is 10.4. The van der Waals surface area contributed by atoms with E-state index < -0.39 is 17.3 Å². The standard InChI is InChI=1S/C24H28N2O6/c1-16-14-18(10-13-20(16)30-4)15-26-23(29)31-21(25-26)7-5-6-17-8-11-19(12-9-17)32-24(2,3)22(27)28/h8-14H,5-7,15H2,1-4H3,(H,27,28). The van der Waals surface area contributed by atoms with Crippen molar-refractivity contribution >= 4 is 5.97 Å². The first kappa shape index (κ1) is 23.1. The Morgan fingerprint density at radius 2 is 1.81 bits per heavy atom. The van der Waals surface area contributed by atoms with Gasteiger partial charge in [-0.05, 0) is 68.5 Å². The molecule has 0 spiro atoms. The predicted molar refractivity (Wildman–Crippen MR) is 118 cm³/mol. The van der Waals surface area contributed by atoms with E-state index in [0.29, 0.717) is 24.6 Å². The van der Waals surface area contributed by atoms with Crippen LogP contribution in [0.15, 0.2) is 51.7 Å². The summed E-state index contributed by atoms with van der Waals surface area (Å²) in [6.07, 6.45) is 2.05. The van der Waals surface area contributed by atoms with Crippen LogP contribution in [-0.4, -0.2) is 33.6 Å². The van der Waals surface area contributed by atoms with Crippen molar-refractivity contribution in [3.05, 3.63) is 75.6 Å². The molecule has 8 heteroatoms. The Bertz CT molecular complexity index is 1130. The number of carboxylic acid groups (broad SMARTS) is 1. The van der Waals surface area contributed by atoms with Gasteiger partial charge in [-0.15, -0.1) is 5.10 Å². The lowest BCUT2D eigenvalue weighted by atomic mass is 10.1. The van der Waals surface area contributed by atoms with Crippen LogP contribution in [0.3, 0.4) is 0 Å². The summed E-state index contributed by atoms with van der Waals surface area (Å²) in [5, 5.41) is 13.5. The second kappa shape index (κ2) is 9.72. The molecule has 0 saturated heterocycles. The topological polar surface area (TPSA) is 104 Å². The number of aliphatic carboxylic acids is 1. The first-order chi connectivity index (χ1) is 15.2. The molecule has 1 N–H and O–H groups in total. The summed E-state index contributed by atoms with van der Waals surface area (Å²) < 4.78 is 17.4. The molecule has 3 rings (SSSR count). The Kier molecular flexibility index (Phi) is 7.02. The zero-order chi connectivity index (χ0) is 23.3. The van der Waals surface area contributed by atoms with Crippen LogP contribution in [0.25, 0.3) is 0 Å². The van der Waals surface area contributed by atoms with E-state index in [1.165, 1.54) is 18.5 Å². The number of hydrogen-bond acceptors (Lipinski definition) is 6. The van der Waals surface area contributed by atoms with Gasteiger partial charge in [-0.1, -0.05) is 24.3 Å². The minimum Gasteiger partial charge on any atom is -0.496 e. The molecule has 0 bridgehead atoms. The van der Waals surface area contributed by atoms with E-state index in [1.54, 1.807) is 19.2 Å². The third-order valence-corrected chi connectivity index (χ3v) is 5.11. The number of nitrogens with zero attached hydrogens (tertiary/aromatic N) is 2. The average Bonchev–Trinajstić information content (AvgIpc) is 3.08. The smallest absolute Gasteiger partial charge is 0.437 e. The maximum absolute atomic E-state index is 12.1. The number of benzene rings is 2. The summed E-state index contributed by atoms with van der Waals surface area (Å²) in [6, 6.07) is 13.0. The van der Waals surface area contributed by atoms with Crippen molar-refractivity contribution in [1.29, 1.82) is 0 Å². The summed E-state index contributed by atoms with van der Waals surface area (Å²) in [7, 11) is 1.62. The number of aryl methyl sites for hydroxylation is 3. The quantitative estimate of drug-likeness (QED) is 0.513. The van der Waals surface area contributed by atoms with E-state index in [4.69, 9.17) is 19.0 Å². The van der Waals surface area contributed by atoms with Crippen molar-refractivity contribution in [1.82, 2.24) is 9.78 Å². The molecule has 0 fully saturated rings. The fourth-order valence-electron chi connectivity index (χ4n) is 3.27. The van der Waals surface area contributed by atoms with Crippen LogP contribution < -0.4 is 15.2 Å². The van der Waals surface area contributed by atoms with Gasteiger partial charge in [0.2, 0.25) is 5.89 Å². The number of methoxy groups -OCH3 is 1. The largest absolute Gasteiger partial charge is 0.496 e. The van der Waals surface area contributed by atoms with Gasteiger partial charge < -0.3 is 19.0 Å². The molecule has 0 aliphatic carbocycles. The van der Waals surface area contributed by atoms with Gasteiger partial charge in [-0.3, -0.25) is 0 Å². The van der Waals surface area contributed by atoms with Crippen LogP contribution in [0, 0.1) is 6.92 Å². The van der Waals surface area contributed by atoms with E-state index in [1.807, 2.05) is 37.3 Å². The summed E-state index contributed by atoms with van der Waals surface area (Å²) in [5.74, 6) is 0.204. The first-order valence-corrected chi connectivity index (χ1v) is 10.4. The molecule has 0 atom stereocenters. The molecule has 0 unspecified atom stereocenters. The molecule has 8 nitrogen and oxygen atoms in total. The van der Waals surface area contributed by atoms with Crippen molar-refractivity contribution in [3.63, 3.8) is 0 Å². The van der Waals surface area contributed by atoms with Gasteiger partial charge in [0.15, 0.2) is 5.60 Å². The zero-order valence-electron chi connectivity index (χ0n) is 18.8. The molecule has 3 aromatic rings. The Hall–Kier alpha value is -3.55. The van der Waals surface area contributed by atoms with Crippen LogP contribution >= 0.6 is 0 Å². The molecule has 32 heavy (non-hydrogen) atoms. The molecular weight excluding hydrogens is 412 g/mol. The normalized spacial score (nSPS) is 11.4. The maximum Gasteiger partial charge on any atom is 0.437 e.